The monoisotopic (exact) mass is 616 g/mol. The number of Topliss-reactive ketones (excluding diaryl/α,β-unsaturated/α-hetero) is 1. The highest BCUT2D eigenvalue weighted by atomic mass is 19.1. The predicted molar refractivity (Wildman–Crippen MR) is 160 cm³/mol. The average Bonchev–Trinajstić information content (AvgIpc) is 3.50. The molecule has 0 radical (unpaired) electrons. The van der Waals surface area contributed by atoms with Crippen LogP contribution in [0.25, 0.3) is 0 Å². The lowest BCUT2D eigenvalue weighted by atomic mass is 9.46. The summed E-state index contributed by atoms with van der Waals surface area (Å²) >= 11 is 0. The van der Waals surface area contributed by atoms with Gasteiger partial charge in [0.05, 0.1) is 17.8 Å². The maximum Gasteiger partial charge on any atom is 0.335 e. The molecule has 3 N–H and O–H groups in total. The molecule has 9 heteroatoms. The highest BCUT2D eigenvalue weighted by Gasteiger charge is 2.76. The van der Waals surface area contributed by atoms with E-state index in [4.69, 9.17) is 14.6 Å². The van der Waals surface area contributed by atoms with E-state index in [0.717, 1.165) is 17.6 Å². The van der Waals surface area contributed by atoms with E-state index < -0.39 is 59.1 Å². The number of rotatable bonds is 6. The molecule has 8 nitrogen and oxygen atoms in total. The summed E-state index contributed by atoms with van der Waals surface area (Å²) in [5.74, 6) is -2.33. The van der Waals surface area contributed by atoms with Crippen molar-refractivity contribution < 1.29 is 43.6 Å². The van der Waals surface area contributed by atoms with Crippen LogP contribution in [0.3, 0.4) is 0 Å². The van der Waals surface area contributed by atoms with Gasteiger partial charge in [-0.15, -0.1) is 0 Å². The fraction of sp³-hybridized carbons (Fsp3) is 0.472. The van der Waals surface area contributed by atoms with Crippen molar-refractivity contribution >= 4 is 17.5 Å². The quantitative estimate of drug-likeness (QED) is 0.425. The molecule has 0 bridgehead atoms. The molecule has 7 rings (SSSR count). The lowest BCUT2D eigenvalue weighted by Crippen LogP contribution is -2.63. The number of halogens is 1. The molecular weight excluding hydrogens is 579 g/mol. The van der Waals surface area contributed by atoms with Gasteiger partial charge < -0.3 is 24.8 Å². The van der Waals surface area contributed by atoms with Gasteiger partial charge in [-0.2, -0.15) is 0 Å². The van der Waals surface area contributed by atoms with Gasteiger partial charge in [0, 0.05) is 22.3 Å². The smallest absolute Gasteiger partial charge is 0.335 e. The van der Waals surface area contributed by atoms with Crippen LogP contribution in [0, 0.1) is 34.4 Å². The van der Waals surface area contributed by atoms with Crippen molar-refractivity contribution in [2.24, 2.45) is 28.6 Å². The van der Waals surface area contributed by atoms with Gasteiger partial charge in [0.1, 0.15) is 12.4 Å². The van der Waals surface area contributed by atoms with E-state index in [2.05, 4.69) is 6.92 Å². The van der Waals surface area contributed by atoms with Gasteiger partial charge >= 0.3 is 5.97 Å². The maximum atomic E-state index is 15.7. The number of aliphatic hydroxyl groups is 2. The number of carbonyl (C=O) groups is 3. The first-order valence-corrected chi connectivity index (χ1v) is 15.6. The van der Waals surface area contributed by atoms with Gasteiger partial charge in [-0.25, -0.2) is 9.18 Å². The molecule has 4 fully saturated rings. The Hall–Kier alpha value is -3.50. The van der Waals surface area contributed by atoms with Gasteiger partial charge in [0.25, 0.3) is 0 Å². The number of benzene rings is 2. The highest BCUT2D eigenvalue weighted by Crippen LogP contribution is 2.70. The third-order valence-electron chi connectivity index (χ3n) is 11.7. The molecule has 9 atom stereocenters. The van der Waals surface area contributed by atoms with Crippen molar-refractivity contribution in [2.75, 3.05) is 6.61 Å². The molecule has 4 aliphatic carbocycles. The van der Waals surface area contributed by atoms with Crippen LogP contribution in [-0.4, -0.2) is 57.3 Å². The Morgan fingerprint density at radius 1 is 1.09 bits per heavy atom. The fourth-order valence-electron chi connectivity index (χ4n) is 9.70. The first-order chi connectivity index (χ1) is 21.4. The minimum atomic E-state index is -1.56. The molecule has 1 heterocycles. The van der Waals surface area contributed by atoms with Gasteiger partial charge in [-0.05, 0) is 85.4 Å². The first-order valence-electron chi connectivity index (χ1n) is 15.6. The molecule has 3 saturated carbocycles. The minimum absolute atomic E-state index is 0.0268. The van der Waals surface area contributed by atoms with Crippen LogP contribution in [0.2, 0.25) is 0 Å². The Labute approximate surface area is 260 Å². The first kappa shape index (κ1) is 30.2. The number of allylic oxidation sites excluding steroid dienone is 4. The second-order valence-corrected chi connectivity index (χ2v) is 13.9. The van der Waals surface area contributed by atoms with E-state index in [1.54, 1.807) is 36.4 Å². The molecule has 0 aromatic heterocycles. The zero-order chi connectivity index (χ0) is 31.9. The van der Waals surface area contributed by atoms with Crippen molar-refractivity contribution in [1.82, 2.24) is 0 Å². The third-order valence-corrected chi connectivity index (χ3v) is 11.7. The topological polar surface area (TPSA) is 130 Å². The Bertz CT molecular complexity index is 1650. The number of fused-ring (bicyclic) bond motifs is 7. The van der Waals surface area contributed by atoms with E-state index in [0.29, 0.717) is 24.8 Å². The van der Waals surface area contributed by atoms with Crippen molar-refractivity contribution in [3.8, 4) is 0 Å². The van der Waals surface area contributed by atoms with Crippen LogP contribution in [0.5, 0.6) is 0 Å². The normalized spacial score (nSPS) is 38.2. The Morgan fingerprint density at radius 3 is 2.51 bits per heavy atom. The van der Waals surface area contributed by atoms with Crippen LogP contribution >= 0.6 is 0 Å². The summed E-state index contributed by atoms with van der Waals surface area (Å²) in [7, 11) is 0. The summed E-state index contributed by atoms with van der Waals surface area (Å²) in [6.07, 6.45) is 5.06. The Balaban J connectivity index is 1.17. The van der Waals surface area contributed by atoms with Crippen LogP contribution in [-0.2, 0) is 25.5 Å². The summed E-state index contributed by atoms with van der Waals surface area (Å²) in [4.78, 5) is 37.0. The summed E-state index contributed by atoms with van der Waals surface area (Å²) in [6.45, 7) is 3.26. The molecule has 1 aliphatic heterocycles. The summed E-state index contributed by atoms with van der Waals surface area (Å²) in [5, 5.41) is 31.1. The van der Waals surface area contributed by atoms with Crippen LogP contribution in [0.4, 0.5) is 4.39 Å². The van der Waals surface area contributed by atoms with Crippen molar-refractivity contribution in [2.45, 2.75) is 70.1 Å². The van der Waals surface area contributed by atoms with E-state index in [9.17, 15) is 24.6 Å². The van der Waals surface area contributed by atoms with Gasteiger partial charge in [0.15, 0.2) is 23.5 Å². The maximum absolute atomic E-state index is 15.7. The van der Waals surface area contributed by atoms with Crippen molar-refractivity contribution in [1.29, 1.82) is 0 Å². The standard InChI is InChI=1S/C36H37FO8/c1-34-12-11-23(39)15-22(34)8-10-24-26-16-30-36(29(41)18-38,35(26,2)17-28(40)31(24)34)45-33(44-30)25-9-5-20(14-27(25)37)13-19-3-6-21(7-4-19)32(42)43/h3-7,9,11-12,14-15,24,26,28,30-31,33,38,40H,8,10,13,16-18H2,1-2H3,(H,42,43)/t24-,26?,28-,30+,31?,33?,34-,35-,36+/m0/s1. The second kappa shape index (κ2) is 10.5. The molecule has 0 amide bonds. The average molecular weight is 617 g/mol. The molecule has 236 valence electrons. The third kappa shape index (κ3) is 4.35. The lowest BCUT2D eigenvalue weighted by Gasteiger charge is -2.59. The zero-order valence-corrected chi connectivity index (χ0v) is 25.2. The van der Waals surface area contributed by atoms with Gasteiger partial charge in [0.2, 0.25) is 0 Å². The number of aliphatic hydroxyl groups excluding tert-OH is 2. The number of carbonyl (C=O) groups excluding carboxylic acids is 2. The summed E-state index contributed by atoms with van der Waals surface area (Å²) < 4.78 is 28.6. The fourth-order valence-corrected chi connectivity index (χ4v) is 9.70. The van der Waals surface area contributed by atoms with Crippen LogP contribution in [0.15, 0.2) is 66.3 Å². The van der Waals surface area contributed by atoms with Gasteiger partial charge in [-0.3, -0.25) is 9.59 Å². The van der Waals surface area contributed by atoms with Gasteiger partial charge in [-0.1, -0.05) is 49.8 Å². The number of carboxylic acids is 1. The number of aromatic carboxylic acids is 1. The number of hydrogen-bond acceptors (Lipinski definition) is 7. The number of carboxylic acid groups (broad SMARTS) is 1. The zero-order valence-electron chi connectivity index (χ0n) is 25.2. The molecule has 1 saturated heterocycles. The predicted octanol–water partition coefficient (Wildman–Crippen LogP) is 4.72. The van der Waals surface area contributed by atoms with Crippen LogP contribution in [0.1, 0.15) is 72.9 Å². The summed E-state index contributed by atoms with van der Waals surface area (Å²) in [5.41, 5.74) is -0.0716. The Kier molecular flexibility index (Phi) is 7.05. The van der Waals surface area contributed by atoms with E-state index in [1.165, 1.54) is 18.2 Å². The molecule has 2 aromatic rings. The van der Waals surface area contributed by atoms with Crippen molar-refractivity contribution in [3.05, 3.63) is 94.3 Å². The van der Waals surface area contributed by atoms with E-state index >= 15 is 4.39 Å². The van der Waals surface area contributed by atoms with Crippen LogP contribution < -0.4 is 0 Å². The number of hydrogen-bond donors (Lipinski definition) is 3. The highest BCUT2D eigenvalue weighted by molar-refractivity contribution is 6.01. The molecule has 45 heavy (non-hydrogen) atoms. The van der Waals surface area contributed by atoms with E-state index in [1.807, 2.05) is 13.0 Å². The van der Waals surface area contributed by atoms with E-state index in [-0.39, 0.29) is 41.1 Å². The molecule has 2 aromatic carbocycles. The molecular formula is C36H37FO8. The Morgan fingerprint density at radius 2 is 1.82 bits per heavy atom. The molecule has 0 spiro atoms. The lowest BCUT2D eigenvalue weighted by molar-refractivity contribution is -0.201. The van der Waals surface area contributed by atoms with Crippen molar-refractivity contribution in [3.63, 3.8) is 0 Å². The number of ketones is 2. The largest absolute Gasteiger partial charge is 0.478 e. The minimum Gasteiger partial charge on any atom is -0.478 e. The molecule has 3 unspecified atom stereocenters. The number of ether oxygens (including phenoxy) is 2. The SMILES string of the molecule is C[C@]12C=CC(=O)C=C1CC[C@@H]1C2[C@@H](O)C[C@@]2(C)C1C[C@H]1OC(c3ccc(Cc4ccc(C(=O)O)cc4)cc3F)O[C@]12C(=O)CO. The molecule has 5 aliphatic rings. The second-order valence-electron chi connectivity index (χ2n) is 13.9. The summed E-state index contributed by atoms with van der Waals surface area (Å²) in [6, 6.07) is 11.1.